The molecule has 0 saturated carbocycles. The quantitative estimate of drug-likeness (QED) is 0.429. The van der Waals surface area contributed by atoms with Gasteiger partial charge in [-0.3, -0.25) is 4.90 Å². The van der Waals surface area contributed by atoms with E-state index in [4.69, 9.17) is 14.2 Å². The van der Waals surface area contributed by atoms with Crippen LogP contribution in [0.25, 0.3) is 0 Å². The first kappa shape index (κ1) is 27.6. The molecule has 0 bridgehead atoms. The van der Waals surface area contributed by atoms with Crippen molar-refractivity contribution < 1.29 is 86.1 Å². The minimum absolute atomic E-state index is 0. The largest absolute Gasteiger partial charge is 1.00 e. The molecule has 33 heavy (non-hydrogen) atoms. The molecule has 1 aliphatic rings. The number of benzene rings is 2. The number of carbonyl (C=O) groups excluding carboxylic acids is 1. The fraction of sp³-hybridized carbons (Fsp3) is 0.391. The Labute approximate surface area is 236 Å². The SMILES string of the molecule is CCCC(F)NC(=O)N1C(c2ccc(OC)cc2OC)O[C@@H](C(=O)O)[C@@H]1c1ccccc1.[H-].[K+]. The van der Waals surface area contributed by atoms with E-state index in [0.29, 0.717) is 29.0 Å². The van der Waals surface area contributed by atoms with Crippen LogP contribution in [0.4, 0.5) is 9.18 Å². The van der Waals surface area contributed by atoms with Crippen LogP contribution in [0.3, 0.4) is 0 Å². The van der Waals surface area contributed by atoms with Crippen LogP contribution in [-0.2, 0) is 9.53 Å². The molecule has 1 fully saturated rings. The normalized spacial score (nSPS) is 20.5. The Morgan fingerprint density at radius 1 is 1.21 bits per heavy atom. The summed E-state index contributed by atoms with van der Waals surface area (Å²) in [6.07, 6.45) is -3.41. The van der Waals surface area contributed by atoms with Gasteiger partial charge < -0.3 is 26.1 Å². The van der Waals surface area contributed by atoms with Crippen LogP contribution in [0.1, 0.15) is 44.6 Å². The number of methoxy groups -OCH3 is 2. The second kappa shape index (κ2) is 12.7. The maximum absolute atomic E-state index is 14.3. The Morgan fingerprint density at radius 2 is 1.91 bits per heavy atom. The summed E-state index contributed by atoms with van der Waals surface area (Å²) >= 11 is 0. The van der Waals surface area contributed by atoms with E-state index in [0.717, 1.165) is 0 Å². The van der Waals surface area contributed by atoms with Gasteiger partial charge in [0.2, 0.25) is 0 Å². The zero-order valence-corrected chi connectivity index (χ0v) is 22.3. The minimum Gasteiger partial charge on any atom is -1.00 e. The molecule has 1 heterocycles. The summed E-state index contributed by atoms with van der Waals surface area (Å²) < 4.78 is 30.9. The zero-order valence-electron chi connectivity index (χ0n) is 20.2. The van der Waals surface area contributed by atoms with Crippen LogP contribution in [0.15, 0.2) is 48.5 Å². The molecule has 0 aromatic heterocycles. The Balaban J connectivity index is 0.00000289. The number of urea groups is 1. The monoisotopic (exact) mass is 486 g/mol. The summed E-state index contributed by atoms with van der Waals surface area (Å²) in [6.45, 7) is 1.80. The van der Waals surface area contributed by atoms with E-state index in [-0.39, 0.29) is 59.2 Å². The van der Waals surface area contributed by atoms with Crippen molar-refractivity contribution >= 4 is 12.0 Å². The van der Waals surface area contributed by atoms with E-state index in [1.807, 2.05) is 0 Å². The van der Waals surface area contributed by atoms with Gasteiger partial charge in [0.25, 0.3) is 0 Å². The summed E-state index contributed by atoms with van der Waals surface area (Å²) in [5.41, 5.74) is 0.968. The van der Waals surface area contributed by atoms with Crippen molar-refractivity contribution in [3.8, 4) is 11.5 Å². The van der Waals surface area contributed by atoms with Gasteiger partial charge in [-0.05, 0) is 24.1 Å². The number of ether oxygens (including phenoxy) is 3. The second-order valence-electron chi connectivity index (χ2n) is 7.32. The molecule has 174 valence electrons. The van der Waals surface area contributed by atoms with Gasteiger partial charge in [-0.2, -0.15) is 0 Å². The first-order valence-electron chi connectivity index (χ1n) is 10.3. The number of carboxylic acids is 1. The predicted molar refractivity (Wildman–Crippen MR) is 115 cm³/mol. The van der Waals surface area contributed by atoms with Gasteiger partial charge in [-0.15, -0.1) is 0 Å². The first-order valence-corrected chi connectivity index (χ1v) is 10.3. The number of amides is 2. The van der Waals surface area contributed by atoms with E-state index < -0.39 is 36.7 Å². The molecule has 2 amide bonds. The Morgan fingerprint density at radius 3 is 2.48 bits per heavy atom. The zero-order chi connectivity index (χ0) is 23.3. The standard InChI is InChI=1S/C23H27FN2O6.K.H/c1-4-8-18(24)25-23(29)26-19(14-9-6-5-7-10-14)20(22(27)28)32-21(26)16-12-11-15(30-2)13-17(16)31-3;;/h5-7,9-13,18-21H,4,8H2,1-3H3,(H,25,29)(H,27,28);;/q;+1;-1/t18?,19-,20+,21?;;/m0../s1. The van der Waals surface area contributed by atoms with Gasteiger partial charge >= 0.3 is 63.4 Å². The average molecular weight is 487 g/mol. The van der Waals surface area contributed by atoms with E-state index in [1.165, 1.54) is 19.1 Å². The fourth-order valence-corrected chi connectivity index (χ4v) is 3.76. The number of alkyl halides is 1. The summed E-state index contributed by atoms with van der Waals surface area (Å²) in [5, 5.41) is 12.2. The van der Waals surface area contributed by atoms with Crippen LogP contribution >= 0.6 is 0 Å². The van der Waals surface area contributed by atoms with Crippen molar-refractivity contribution in [1.82, 2.24) is 10.2 Å². The number of rotatable bonds is 8. The van der Waals surface area contributed by atoms with Crippen LogP contribution < -0.4 is 66.2 Å². The van der Waals surface area contributed by atoms with Crippen molar-refractivity contribution in [2.75, 3.05) is 14.2 Å². The van der Waals surface area contributed by atoms with Gasteiger partial charge in [-0.1, -0.05) is 43.7 Å². The van der Waals surface area contributed by atoms with Crippen molar-refractivity contribution in [2.45, 2.75) is 44.4 Å². The fourth-order valence-electron chi connectivity index (χ4n) is 3.76. The third-order valence-electron chi connectivity index (χ3n) is 5.26. The van der Waals surface area contributed by atoms with Gasteiger partial charge in [0.05, 0.1) is 20.3 Å². The molecule has 1 aliphatic heterocycles. The maximum atomic E-state index is 14.3. The number of nitrogens with zero attached hydrogens (tertiary/aromatic N) is 1. The minimum atomic E-state index is -1.58. The molecular weight excluding hydrogens is 458 g/mol. The predicted octanol–water partition coefficient (Wildman–Crippen LogP) is 1.15. The molecule has 10 heteroatoms. The van der Waals surface area contributed by atoms with Crippen LogP contribution in [-0.4, -0.2) is 48.6 Å². The number of hydrogen-bond donors (Lipinski definition) is 2. The number of carboxylic acid groups (broad SMARTS) is 1. The first-order chi connectivity index (χ1) is 15.4. The third kappa shape index (κ3) is 6.26. The van der Waals surface area contributed by atoms with E-state index in [9.17, 15) is 19.1 Å². The second-order valence-corrected chi connectivity index (χ2v) is 7.32. The van der Waals surface area contributed by atoms with Crippen molar-refractivity contribution in [3.63, 3.8) is 0 Å². The van der Waals surface area contributed by atoms with E-state index >= 15 is 0 Å². The molecule has 4 atom stereocenters. The summed E-state index contributed by atoms with van der Waals surface area (Å²) in [4.78, 5) is 26.5. The molecule has 2 unspecified atom stereocenters. The summed E-state index contributed by atoms with van der Waals surface area (Å²) in [5.74, 6) is -0.381. The summed E-state index contributed by atoms with van der Waals surface area (Å²) in [6, 6.07) is 11.8. The molecule has 0 radical (unpaired) electrons. The van der Waals surface area contributed by atoms with Crippen LogP contribution in [0.2, 0.25) is 0 Å². The average Bonchev–Trinajstić information content (AvgIpc) is 3.20. The van der Waals surface area contributed by atoms with Crippen molar-refractivity contribution in [3.05, 3.63) is 59.7 Å². The van der Waals surface area contributed by atoms with Crippen LogP contribution in [0.5, 0.6) is 11.5 Å². The van der Waals surface area contributed by atoms with Crippen molar-refractivity contribution in [1.29, 1.82) is 0 Å². The Kier molecular flexibility index (Phi) is 10.6. The summed E-state index contributed by atoms with van der Waals surface area (Å²) in [7, 11) is 2.95. The molecule has 3 rings (SSSR count). The number of nitrogens with one attached hydrogen (secondary N) is 1. The maximum Gasteiger partial charge on any atom is 1.00 e. The smallest absolute Gasteiger partial charge is 1.00 e. The van der Waals surface area contributed by atoms with Gasteiger partial charge in [0, 0.05) is 11.6 Å². The Hall–Kier alpha value is -1.69. The van der Waals surface area contributed by atoms with Gasteiger partial charge in [0.1, 0.15) is 11.5 Å². The molecule has 0 spiro atoms. The third-order valence-corrected chi connectivity index (χ3v) is 5.26. The van der Waals surface area contributed by atoms with Gasteiger partial charge in [-0.25, -0.2) is 14.0 Å². The van der Waals surface area contributed by atoms with E-state index in [2.05, 4.69) is 5.32 Å². The van der Waals surface area contributed by atoms with E-state index in [1.54, 1.807) is 55.5 Å². The molecular formula is C23H28FKN2O6. The number of aliphatic carboxylic acids is 1. The number of halogens is 1. The van der Waals surface area contributed by atoms with Gasteiger partial charge in [0.15, 0.2) is 18.6 Å². The molecule has 1 saturated heterocycles. The molecule has 0 aliphatic carbocycles. The molecule has 2 N–H and O–H groups in total. The number of carbonyl (C=O) groups is 2. The Bertz CT molecular complexity index is 954. The number of hydrogen-bond acceptors (Lipinski definition) is 5. The molecule has 2 aromatic carbocycles. The molecule has 8 nitrogen and oxygen atoms in total. The van der Waals surface area contributed by atoms with Crippen molar-refractivity contribution in [2.24, 2.45) is 0 Å². The molecule has 2 aromatic rings. The topological polar surface area (TPSA) is 97.3 Å². The van der Waals surface area contributed by atoms with Crippen LogP contribution in [0, 0.1) is 0 Å².